The minimum absolute atomic E-state index is 0. The zero-order chi connectivity index (χ0) is 13.1. The summed E-state index contributed by atoms with van der Waals surface area (Å²) in [6, 6.07) is 6.33. The van der Waals surface area contributed by atoms with Gasteiger partial charge in [-0.3, -0.25) is 4.90 Å². The average molecular weight is 314 g/mol. The number of hydrogen-bond donors (Lipinski definition) is 1. The highest BCUT2D eigenvalue weighted by molar-refractivity contribution is 7.99. The van der Waals surface area contributed by atoms with Crippen molar-refractivity contribution in [2.75, 3.05) is 38.6 Å². The summed E-state index contributed by atoms with van der Waals surface area (Å²) in [6.07, 6.45) is 0. The average Bonchev–Trinajstić information content (AvgIpc) is 2.82. The van der Waals surface area contributed by atoms with Crippen molar-refractivity contribution in [1.29, 1.82) is 0 Å². The monoisotopic (exact) mass is 313 g/mol. The number of thioether (sulfide) groups is 1. The summed E-state index contributed by atoms with van der Waals surface area (Å²) in [7, 11) is 0. The van der Waals surface area contributed by atoms with Gasteiger partial charge >= 0.3 is 0 Å². The Morgan fingerprint density at radius 3 is 2.95 bits per heavy atom. The first-order chi connectivity index (χ1) is 9.31. The molecule has 1 aromatic heterocycles. The molecule has 0 saturated carbocycles. The molecule has 1 fully saturated rings. The van der Waals surface area contributed by atoms with Crippen molar-refractivity contribution in [3.8, 4) is 0 Å². The van der Waals surface area contributed by atoms with E-state index in [4.69, 9.17) is 4.74 Å². The van der Waals surface area contributed by atoms with E-state index in [1.54, 1.807) is 11.8 Å². The molecule has 2 aromatic rings. The number of aryl methyl sites for hydroxylation is 1. The molecule has 0 aliphatic carbocycles. The van der Waals surface area contributed by atoms with Crippen LogP contribution in [0.2, 0.25) is 0 Å². The fourth-order valence-corrected chi connectivity index (χ4v) is 3.15. The summed E-state index contributed by atoms with van der Waals surface area (Å²) in [5.74, 6) is 1.07. The van der Waals surface area contributed by atoms with E-state index < -0.39 is 0 Å². The van der Waals surface area contributed by atoms with E-state index in [2.05, 4.69) is 40.0 Å². The van der Waals surface area contributed by atoms with Crippen LogP contribution >= 0.6 is 24.2 Å². The fraction of sp³-hybridized carbons (Fsp3) is 0.500. The van der Waals surface area contributed by atoms with E-state index in [-0.39, 0.29) is 12.4 Å². The van der Waals surface area contributed by atoms with E-state index in [1.807, 2.05) is 0 Å². The van der Waals surface area contributed by atoms with Gasteiger partial charge < -0.3 is 9.72 Å². The fourth-order valence-electron chi connectivity index (χ4n) is 2.26. The first-order valence-corrected chi connectivity index (χ1v) is 7.69. The van der Waals surface area contributed by atoms with Crippen molar-refractivity contribution in [2.24, 2.45) is 0 Å². The highest BCUT2D eigenvalue weighted by Crippen LogP contribution is 2.20. The molecule has 0 atom stereocenters. The largest absolute Gasteiger partial charge is 0.379 e. The Labute approximate surface area is 129 Å². The van der Waals surface area contributed by atoms with E-state index in [1.165, 1.54) is 5.56 Å². The number of fused-ring (bicyclic) bond motifs is 1. The van der Waals surface area contributed by atoms with Crippen molar-refractivity contribution >= 4 is 35.2 Å². The lowest BCUT2D eigenvalue weighted by molar-refractivity contribution is 0.0410. The number of nitrogens with one attached hydrogen (secondary N) is 1. The number of morpholine rings is 1. The van der Waals surface area contributed by atoms with Crippen LogP contribution in [0.3, 0.4) is 0 Å². The van der Waals surface area contributed by atoms with Gasteiger partial charge in [-0.1, -0.05) is 17.8 Å². The lowest BCUT2D eigenvalue weighted by atomic mass is 10.2. The molecule has 0 unspecified atom stereocenters. The molecule has 0 radical (unpaired) electrons. The van der Waals surface area contributed by atoms with Gasteiger partial charge in [-0.15, -0.1) is 12.4 Å². The van der Waals surface area contributed by atoms with Crippen molar-refractivity contribution in [1.82, 2.24) is 14.9 Å². The number of H-pyrrole nitrogens is 1. The summed E-state index contributed by atoms with van der Waals surface area (Å²) >= 11 is 1.80. The van der Waals surface area contributed by atoms with Crippen LogP contribution in [0.5, 0.6) is 0 Å². The van der Waals surface area contributed by atoms with Gasteiger partial charge in [-0.05, 0) is 24.6 Å². The minimum atomic E-state index is 0. The van der Waals surface area contributed by atoms with Gasteiger partial charge in [0.2, 0.25) is 0 Å². The van der Waals surface area contributed by atoms with E-state index in [9.17, 15) is 0 Å². The molecule has 1 N–H and O–H groups in total. The van der Waals surface area contributed by atoms with Gasteiger partial charge in [-0.25, -0.2) is 4.98 Å². The van der Waals surface area contributed by atoms with Gasteiger partial charge in [0.25, 0.3) is 0 Å². The normalized spacial score (nSPS) is 16.2. The Balaban J connectivity index is 0.00000147. The number of rotatable bonds is 4. The number of hydrogen-bond acceptors (Lipinski definition) is 4. The summed E-state index contributed by atoms with van der Waals surface area (Å²) in [5.41, 5.74) is 3.45. The molecule has 1 aliphatic heterocycles. The zero-order valence-corrected chi connectivity index (χ0v) is 13.2. The molecular formula is C14H20ClN3OS. The molecule has 2 heterocycles. The third-order valence-electron chi connectivity index (χ3n) is 3.37. The molecule has 20 heavy (non-hydrogen) atoms. The Hall–Kier alpha value is -0.750. The Kier molecular flexibility index (Phi) is 5.72. The maximum atomic E-state index is 5.35. The molecule has 1 aromatic carbocycles. The number of imidazole rings is 1. The van der Waals surface area contributed by atoms with E-state index >= 15 is 0 Å². The molecule has 0 amide bonds. The number of benzene rings is 1. The number of ether oxygens (including phenoxy) is 1. The van der Waals surface area contributed by atoms with Gasteiger partial charge in [-0.2, -0.15) is 0 Å². The second kappa shape index (κ2) is 7.31. The molecule has 1 saturated heterocycles. The maximum Gasteiger partial charge on any atom is 0.166 e. The second-order valence-corrected chi connectivity index (χ2v) is 5.95. The van der Waals surface area contributed by atoms with Crippen LogP contribution in [-0.4, -0.2) is 53.5 Å². The number of nitrogens with zero attached hydrogens (tertiary/aromatic N) is 2. The topological polar surface area (TPSA) is 41.2 Å². The summed E-state index contributed by atoms with van der Waals surface area (Å²) < 4.78 is 5.35. The Morgan fingerprint density at radius 2 is 2.15 bits per heavy atom. The molecule has 1 aliphatic rings. The van der Waals surface area contributed by atoms with E-state index in [0.29, 0.717) is 0 Å². The van der Waals surface area contributed by atoms with Crippen LogP contribution < -0.4 is 0 Å². The predicted octanol–water partition coefficient (Wildman–Crippen LogP) is 2.72. The minimum Gasteiger partial charge on any atom is -0.379 e. The highest BCUT2D eigenvalue weighted by atomic mass is 35.5. The predicted molar refractivity (Wildman–Crippen MR) is 86.1 cm³/mol. The van der Waals surface area contributed by atoms with Gasteiger partial charge in [0.05, 0.1) is 24.2 Å². The van der Waals surface area contributed by atoms with Crippen molar-refractivity contribution in [3.63, 3.8) is 0 Å². The van der Waals surface area contributed by atoms with Gasteiger partial charge in [0.1, 0.15) is 0 Å². The SMILES string of the molecule is Cc1ccc2nc(SCCN3CCOCC3)[nH]c2c1.Cl. The molecule has 0 bridgehead atoms. The van der Waals surface area contributed by atoms with Crippen LogP contribution in [0.15, 0.2) is 23.4 Å². The molecule has 110 valence electrons. The highest BCUT2D eigenvalue weighted by Gasteiger charge is 2.10. The van der Waals surface area contributed by atoms with Crippen LogP contribution in [0.25, 0.3) is 11.0 Å². The van der Waals surface area contributed by atoms with Crippen molar-refractivity contribution < 1.29 is 4.74 Å². The Bertz CT molecular complexity index is 554. The smallest absolute Gasteiger partial charge is 0.166 e. The molecule has 0 spiro atoms. The van der Waals surface area contributed by atoms with Crippen molar-refractivity contribution in [3.05, 3.63) is 23.8 Å². The zero-order valence-electron chi connectivity index (χ0n) is 11.6. The molecular weight excluding hydrogens is 294 g/mol. The lowest BCUT2D eigenvalue weighted by Crippen LogP contribution is -2.37. The van der Waals surface area contributed by atoms with Crippen molar-refractivity contribution in [2.45, 2.75) is 12.1 Å². The summed E-state index contributed by atoms with van der Waals surface area (Å²) in [6.45, 7) is 7.05. The van der Waals surface area contributed by atoms with Crippen LogP contribution in [0.4, 0.5) is 0 Å². The first-order valence-electron chi connectivity index (χ1n) is 6.70. The molecule has 4 nitrogen and oxygen atoms in total. The number of halogens is 1. The van der Waals surface area contributed by atoms with Gasteiger partial charge in [0.15, 0.2) is 5.16 Å². The lowest BCUT2D eigenvalue weighted by Gasteiger charge is -2.26. The second-order valence-electron chi connectivity index (χ2n) is 4.87. The van der Waals surface area contributed by atoms with Crippen LogP contribution in [0.1, 0.15) is 5.56 Å². The van der Waals surface area contributed by atoms with Crippen LogP contribution in [0, 0.1) is 6.92 Å². The summed E-state index contributed by atoms with van der Waals surface area (Å²) in [4.78, 5) is 10.4. The standard InChI is InChI=1S/C14H19N3OS.ClH/c1-11-2-3-12-13(10-11)16-14(15-12)19-9-6-17-4-7-18-8-5-17;/h2-3,10H,4-9H2,1H3,(H,15,16);1H. The quantitative estimate of drug-likeness (QED) is 0.881. The van der Waals surface area contributed by atoms with Gasteiger partial charge in [0, 0.05) is 25.4 Å². The molecule has 6 heteroatoms. The van der Waals surface area contributed by atoms with E-state index in [0.717, 1.165) is 54.8 Å². The Morgan fingerprint density at radius 1 is 1.35 bits per heavy atom. The number of aromatic amines is 1. The summed E-state index contributed by atoms with van der Waals surface area (Å²) in [5, 5.41) is 1.02. The first kappa shape index (κ1) is 15.6. The third kappa shape index (κ3) is 3.88. The number of aromatic nitrogens is 2. The third-order valence-corrected chi connectivity index (χ3v) is 4.22. The molecule has 3 rings (SSSR count). The maximum absolute atomic E-state index is 5.35. The van der Waals surface area contributed by atoms with Crippen LogP contribution in [-0.2, 0) is 4.74 Å².